The molecule has 0 spiro atoms. The molecule has 33 nitrogen and oxygen atoms in total. The second-order valence-corrected chi connectivity index (χ2v) is 36.3. The number of nitrogens with one attached hydrogen (secondary N) is 3. The number of aryl methyl sites for hydroxylation is 2. The van der Waals surface area contributed by atoms with Gasteiger partial charge >= 0.3 is 36.1 Å². The second-order valence-electron chi connectivity index (χ2n) is 34.2. The largest absolute Gasteiger partial charge is 0.463 e. The molecular weight excluding hydrogens is 1890 g/mol. The van der Waals surface area contributed by atoms with E-state index in [0.717, 1.165) is 223 Å². The summed E-state index contributed by atoms with van der Waals surface area (Å²) in [6.07, 6.45) is 28.1. The van der Waals surface area contributed by atoms with Gasteiger partial charge in [0.05, 0.1) is 106 Å². The Hall–Kier alpha value is -14.8. The smallest absolute Gasteiger partial charge is 0.319 e. The molecule has 3 atom stereocenters. The van der Waals surface area contributed by atoms with Crippen molar-refractivity contribution in [3.63, 3.8) is 0 Å². The first kappa shape index (κ1) is 91.0. The van der Waals surface area contributed by atoms with E-state index in [1.165, 1.54) is 11.1 Å². The maximum absolute atomic E-state index is 6.30. The molecule has 3 saturated heterocycles. The van der Waals surface area contributed by atoms with Crippen LogP contribution in [0.3, 0.4) is 0 Å². The summed E-state index contributed by atoms with van der Waals surface area (Å²) in [6, 6.07) is 68.4. The van der Waals surface area contributed by atoms with Gasteiger partial charge in [0.1, 0.15) is 85.1 Å². The van der Waals surface area contributed by atoms with Crippen molar-refractivity contribution < 1.29 is 28.4 Å². The molecule has 5 aliphatic rings. The zero-order valence-corrected chi connectivity index (χ0v) is 79.8. The fraction of sp³-hybridized carbons (Fsp3) is 0.255. The minimum atomic E-state index is 0.133. The van der Waals surface area contributed by atoms with Crippen LogP contribution in [0.1, 0.15) is 75.5 Å². The Kier molecular flexibility index (Phi) is 27.9. The third kappa shape index (κ3) is 21.2. The van der Waals surface area contributed by atoms with E-state index in [9.17, 15) is 0 Å². The monoisotopic (exact) mass is 1990 g/mol. The van der Waals surface area contributed by atoms with Crippen molar-refractivity contribution in [2.24, 2.45) is 11.8 Å². The van der Waals surface area contributed by atoms with Gasteiger partial charge in [-0.1, -0.05) is 140 Å². The highest BCUT2D eigenvalue weighted by molar-refractivity contribution is 9.11. The number of rotatable bonds is 20. The Bertz CT molecular complexity index is 7480. The zero-order chi connectivity index (χ0) is 93.8. The zero-order valence-electron chi connectivity index (χ0n) is 75.9. The lowest BCUT2D eigenvalue weighted by atomic mass is 9.84. The molecular formula is C102H96Br2ClN27O6. The van der Waals surface area contributed by atoms with E-state index in [2.05, 4.69) is 178 Å². The third-order valence-corrected chi connectivity index (χ3v) is 25.5. The molecule has 3 N–H and O–H groups in total. The highest BCUT2D eigenvalue weighted by atomic mass is 79.9. The van der Waals surface area contributed by atoms with E-state index in [4.69, 9.17) is 45.0 Å². The number of hydrogen-bond donors (Lipinski definition) is 3. The molecule has 0 radical (unpaired) electrons. The SMILES string of the molecule is Brc1cnc(OC2CCNC2)nc1-n1cnc2ccccc21.CC1CC(Oc2nc(-n3cnc4ccccc43)c3ccccc3n2)C1.CC1CC(Oc2ncc(Br)c(-n3cnc4ccccc43)n2)C1.Cc1ccc(CCOc2ncc(Cl)c(-n3cnc4ccccc43)n2)cc1.Cc1cnc(OC2CCNC2)nc1-n1cnc2ccccc21.c1ccc2c(c1)ncn2-c1ccnc(OC2CCNC2)n1. The number of ether oxygens (including phenoxy) is 6. The van der Waals surface area contributed by atoms with Crippen LogP contribution in [0.2, 0.25) is 5.02 Å². The van der Waals surface area contributed by atoms with E-state index in [1.807, 2.05) is 217 Å². The Morgan fingerprint density at radius 2 is 0.688 bits per heavy atom. The van der Waals surface area contributed by atoms with Crippen LogP contribution in [-0.4, -0.2) is 194 Å². The molecule has 2 aliphatic carbocycles. The van der Waals surface area contributed by atoms with Crippen LogP contribution in [0.4, 0.5) is 0 Å². The van der Waals surface area contributed by atoms with Crippen molar-refractivity contribution in [1.29, 1.82) is 0 Å². The number of hydrogen-bond acceptors (Lipinski definition) is 27. The van der Waals surface area contributed by atoms with E-state index in [0.29, 0.717) is 53.5 Å². The topological polar surface area (TPSA) is 353 Å². The summed E-state index contributed by atoms with van der Waals surface area (Å²) in [5.41, 5.74) is 15.9. The lowest BCUT2D eigenvalue weighted by molar-refractivity contribution is 0.0646. The summed E-state index contributed by atoms with van der Waals surface area (Å²) < 4.78 is 48.4. The highest BCUT2D eigenvalue weighted by Gasteiger charge is 2.31. The standard InChI is InChI=1S/C20H17ClN4O.C20H18N4O.C16H15BrN4O.C16H17N5O.C15H14BrN5O.C15H15N5O/c1-14-6-8-15(9-7-14)10-11-26-20-22-12-16(21)19(24-20)25-13-23-17-4-2-3-5-18(17)25;1-13-10-14(11-13)25-20-22-16-7-3-2-6-15(16)19(23-20)24-12-21-17-8-4-5-9-18(17)24;1-10-6-11(7-10)22-16-18-8-12(17)15(20-16)21-9-19-13-4-2-3-5-14(13)21;1-11-8-18-16(22-12-6-7-17-9-12)20-15(11)21-10-19-13-4-2-3-5-14(13)21;16-11-8-18-15(22-10-5-6-17-7-10)20-14(11)21-9-19-12-3-1-2-4-13(12)21;1-2-4-13-12(3-1)18-10-20(13)14-6-8-17-15(19-14)21-11-5-7-16-9-11/h2-9,12-13H,10-11H2,1H3;2-9,12-14H,10-11H2,1H3;2-5,8-11H,6-7H2,1H3;2-5,8,10,12,17H,6-7,9H2,1H3;1-4,8-10,17H,5-7H2;1-4,6,8,10-11,16H,5,7,9H2. The number of para-hydroxylation sites is 13. The molecule has 20 aromatic rings. The molecule has 0 amide bonds. The molecule has 36 heteroatoms. The molecule has 696 valence electrons. The van der Waals surface area contributed by atoms with E-state index >= 15 is 0 Å². The Morgan fingerprint density at radius 3 is 1.14 bits per heavy atom. The molecule has 8 aromatic carbocycles. The molecule has 3 aliphatic heterocycles. The number of halogens is 3. The van der Waals surface area contributed by atoms with Gasteiger partial charge in [0, 0.05) is 55.5 Å². The molecule has 3 unspecified atom stereocenters. The molecule has 12 aromatic heterocycles. The number of imidazole rings is 6. The number of fused-ring (bicyclic) bond motifs is 7. The van der Waals surface area contributed by atoms with E-state index < -0.39 is 0 Å². The predicted octanol–water partition coefficient (Wildman–Crippen LogP) is 18.0. The van der Waals surface area contributed by atoms with Crippen LogP contribution < -0.4 is 44.4 Å². The number of aromatic nitrogens is 24. The minimum Gasteiger partial charge on any atom is -0.463 e. The summed E-state index contributed by atoms with van der Waals surface area (Å²) in [4.78, 5) is 79.6. The Morgan fingerprint density at radius 1 is 0.333 bits per heavy atom. The maximum atomic E-state index is 6.30. The lowest BCUT2D eigenvalue weighted by Crippen LogP contribution is -2.32. The van der Waals surface area contributed by atoms with Crippen LogP contribution in [0.15, 0.2) is 278 Å². The van der Waals surface area contributed by atoms with Gasteiger partial charge < -0.3 is 44.4 Å². The first-order chi connectivity index (χ1) is 67.7. The Balaban J connectivity index is 0.000000102. The average molecular weight is 1990 g/mol. The fourth-order valence-electron chi connectivity index (χ4n) is 16.8. The second kappa shape index (κ2) is 42.2. The van der Waals surface area contributed by atoms with Crippen LogP contribution in [-0.2, 0) is 6.42 Å². The van der Waals surface area contributed by atoms with Gasteiger partial charge in [0.2, 0.25) is 0 Å². The predicted molar refractivity (Wildman–Crippen MR) is 534 cm³/mol. The van der Waals surface area contributed by atoms with Gasteiger partial charge in [0.25, 0.3) is 0 Å². The quantitative estimate of drug-likeness (QED) is 0.0638. The summed E-state index contributed by atoms with van der Waals surface area (Å²) in [6.45, 7) is 14.5. The Labute approximate surface area is 814 Å². The van der Waals surface area contributed by atoms with Gasteiger partial charge in [-0.2, -0.15) is 34.9 Å². The van der Waals surface area contributed by atoms with Gasteiger partial charge in [-0.15, -0.1) is 0 Å². The first-order valence-electron chi connectivity index (χ1n) is 45.9. The summed E-state index contributed by atoms with van der Waals surface area (Å²) >= 11 is 13.3. The van der Waals surface area contributed by atoms with Crippen molar-refractivity contribution in [2.75, 3.05) is 45.9 Å². The average Bonchev–Trinajstić information content (AvgIpc) is 1.66. The normalized spacial score (nSPS) is 17.5. The van der Waals surface area contributed by atoms with Crippen LogP contribution in [0, 0.1) is 25.7 Å². The van der Waals surface area contributed by atoms with Crippen LogP contribution in [0.25, 0.3) is 112 Å². The van der Waals surface area contributed by atoms with Crippen molar-refractivity contribution in [2.45, 2.75) is 110 Å². The molecule has 138 heavy (non-hydrogen) atoms. The van der Waals surface area contributed by atoms with Crippen LogP contribution in [0.5, 0.6) is 36.1 Å². The molecule has 5 fully saturated rings. The fourth-order valence-corrected chi connectivity index (χ4v) is 17.8. The number of nitrogens with zero attached hydrogens (tertiary/aromatic N) is 24. The maximum Gasteiger partial charge on any atom is 0.319 e. The third-order valence-electron chi connectivity index (χ3n) is 24.1. The van der Waals surface area contributed by atoms with Crippen LogP contribution >= 0.6 is 43.5 Å². The summed E-state index contributed by atoms with van der Waals surface area (Å²) in [5.74, 6) is 5.86. The summed E-state index contributed by atoms with van der Waals surface area (Å²) in [7, 11) is 0. The van der Waals surface area contributed by atoms with Crippen molar-refractivity contribution in [3.05, 3.63) is 300 Å². The highest BCUT2D eigenvalue weighted by Crippen LogP contribution is 2.36. The van der Waals surface area contributed by atoms with Crippen molar-refractivity contribution in [3.8, 4) is 71.0 Å². The van der Waals surface area contributed by atoms with Crippen molar-refractivity contribution >= 4 is 121 Å². The number of benzene rings is 8. The molecule has 25 rings (SSSR count). The lowest BCUT2D eigenvalue weighted by Gasteiger charge is -2.31. The molecule has 15 heterocycles. The molecule has 2 saturated carbocycles. The van der Waals surface area contributed by atoms with Crippen molar-refractivity contribution in [1.82, 2.24) is 133 Å². The first-order valence-corrected chi connectivity index (χ1v) is 47.9. The van der Waals surface area contributed by atoms with E-state index in [1.54, 1.807) is 62.6 Å². The van der Waals surface area contributed by atoms with Gasteiger partial charge in [-0.05, 0) is 213 Å². The van der Waals surface area contributed by atoms with E-state index in [-0.39, 0.29) is 30.5 Å². The molecule has 0 bridgehead atoms. The van der Waals surface area contributed by atoms with Gasteiger partial charge in [-0.25, -0.2) is 54.8 Å². The van der Waals surface area contributed by atoms with Gasteiger partial charge in [-0.3, -0.25) is 27.4 Å². The summed E-state index contributed by atoms with van der Waals surface area (Å²) in [5, 5.41) is 11.2. The minimum absolute atomic E-state index is 0.133. The van der Waals surface area contributed by atoms with Gasteiger partial charge in [0.15, 0.2) is 23.3 Å².